The van der Waals surface area contributed by atoms with Crippen molar-refractivity contribution in [2.24, 2.45) is 0 Å². The largest absolute Gasteiger partial charge is 0.481 e. The van der Waals surface area contributed by atoms with Crippen LogP contribution in [0.1, 0.15) is 5.76 Å². The minimum atomic E-state index is -0.125. The van der Waals surface area contributed by atoms with Crippen molar-refractivity contribution in [1.82, 2.24) is 9.97 Å². The molecule has 0 radical (unpaired) electrons. The average Bonchev–Trinajstić information content (AvgIpc) is 2.88. The van der Waals surface area contributed by atoms with Gasteiger partial charge in [-0.15, -0.1) is 0 Å². The molecule has 6 heteroatoms. The minimum absolute atomic E-state index is 0. The predicted molar refractivity (Wildman–Crippen MR) is 67.1 cm³/mol. The smallest absolute Gasteiger partial charge is 0.134 e. The van der Waals surface area contributed by atoms with Gasteiger partial charge in [0.1, 0.15) is 18.1 Å². The molecule has 2 N–H and O–H groups in total. The van der Waals surface area contributed by atoms with Crippen LogP contribution in [-0.2, 0) is 6.61 Å². The number of aliphatic hydroxyl groups excluding tert-OH is 1. The number of rotatable bonds is 2. The number of benzene rings is 1. The van der Waals surface area contributed by atoms with Crippen LogP contribution in [0.5, 0.6) is 0 Å². The van der Waals surface area contributed by atoms with Gasteiger partial charge in [-0.1, -0.05) is 5.82 Å². The van der Waals surface area contributed by atoms with E-state index in [9.17, 15) is 0 Å². The maximum Gasteiger partial charge on any atom is 0.134 e. The maximum absolute atomic E-state index is 8.97. The third-order valence-electron chi connectivity index (χ3n) is 2.74. The van der Waals surface area contributed by atoms with Gasteiger partial charge in [-0.3, -0.25) is 4.98 Å². The summed E-state index contributed by atoms with van der Waals surface area (Å²) < 4.78 is 5.46. The molecule has 0 saturated carbocycles. The van der Waals surface area contributed by atoms with E-state index in [0.717, 1.165) is 11.1 Å². The third-order valence-corrected chi connectivity index (χ3v) is 2.74. The summed E-state index contributed by atoms with van der Waals surface area (Å²) in [4.78, 5) is 7.94. The Morgan fingerprint density at radius 1 is 1.16 bits per heavy atom. The summed E-state index contributed by atoms with van der Waals surface area (Å²) in [7, 11) is 0. The standard InChI is InChI=1S/C13H10N3O2.U/c14-13-10-5-8(1-3-11(10)15-7-16-13)12-4-2-9(6-17)18-12;/h1-5,7,17H,6H2,(H-,14,15,16);/q-1;. The molecule has 2 aromatic heterocycles. The molecule has 0 atom stereocenters. The molecule has 0 amide bonds. The Bertz CT molecular complexity index is 712. The zero-order chi connectivity index (χ0) is 12.5. The average molecular weight is 478 g/mol. The van der Waals surface area contributed by atoms with E-state index in [-0.39, 0.29) is 43.5 Å². The van der Waals surface area contributed by atoms with Gasteiger partial charge in [-0.25, -0.2) is 0 Å². The van der Waals surface area contributed by atoms with Crippen molar-refractivity contribution in [2.45, 2.75) is 6.61 Å². The molecule has 2 heterocycles. The first-order valence-corrected chi connectivity index (χ1v) is 5.44. The van der Waals surface area contributed by atoms with E-state index in [4.69, 9.17) is 15.3 Å². The fraction of sp³-hybridized carbons (Fsp3) is 0.0769. The molecule has 0 aliphatic rings. The summed E-state index contributed by atoms with van der Waals surface area (Å²) in [5.74, 6) is 1.36. The van der Waals surface area contributed by atoms with Gasteiger partial charge in [0.25, 0.3) is 0 Å². The Morgan fingerprint density at radius 3 is 2.74 bits per heavy atom. The van der Waals surface area contributed by atoms with Crippen LogP contribution in [0.25, 0.3) is 28.0 Å². The van der Waals surface area contributed by atoms with Crippen LogP contribution in [-0.4, -0.2) is 15.1 Å². The van der Waals surface area contributed by atoms with E-state index in [1.807, 2.05) is 18.2 Å². The first kappa shape index (κ1) is 14.1. The number of furan rings is 1. The molecular formula is C13H10N3O2U-. The van der Waals surface area contributed by atoms with Crippen molar-refractivity contribution in [3.63, 3.8) is 0 Å². The molecule has 3 aromatic rings. The molecule has 0 aliphatic heterocycles. The van der Waals surface area contributed by atoms with E-state index >= 15 is 0 Å². The van der Waals surface area contributed by atoms with Crippen molar-refractivity contribution in [1.29, 1.82) is 0 Å². The topological polar surface area (TPSA) is 83.0 Å². The second kappa shape index (κ2) is 5.74. The van der Waals surface area contributed by atoms with Gasteiger partial charge in [0.05, 0.1) is 5.52 Å². The number of aromatic nitrogens is 2. The van der Waals surface area contributed by atoms with Gasteiger partial charge in [-0.05, 0) is 35.7 Å². The van der Waals surface area contributed by atoms with Crippen LogP contribution >= 0.6 is 0 Å². The van der Waals surface area contributed by atoms with Crippen molar-refractivity contribution in [3.8, 4) is 11.3 Å². The molecule has 0 unspecified atom stereocenters. The minimum Gasteiger partial charge on any atom is -0.481 e. The SMILES string of the molecule is [NH-]c1ncnc2ccc(-c3ccc(CO)o3)cc12.[U]. The second-order valence-electron chi connectivity index (χ2n) is 3.88. The summed E-state index contributed by atoms with van der Waals surface area (Å²) >= 11 is 0. The van der Waals surface area contributed by atoms with E-state index in [1.165, 1.54) is 6.33 Å². The van der Waals surface area contributed by atoms with E-state index in [2.05, 4.69) is 9.97 Å². The molecule has 0 fully saturated rings. The monoisotopic (exact) mass is 478 g/mol. The van der Waals surface area contributed by atoms with E-state index in [0.29, 0.717) is 16.9 Å². The molecule has 0 aliphatic carbocycles. The van der Waals surface area contributed by atoms with Crippen LogP contribution in [0.3, 0.4) is 0 Å². The van der Waals surface area contributed by atoms with E-state index in [1.54, 1.807) is 12.1 Å². The number of nitrogens with one attached hydrogen (secondary N) is 1. The Kier molecular flexibility index (Phi) is 4.25. The summed E-state index contributed by atoms with van der Waals surface area (Å²) in [6, 6.07) is 9.03. The number of nitrogens with zero attached hydrogens (tertiary/aromatic N) is 2. The number of aliphatic hydroxyl groups is 1. The fourth-order valence-corrected chi connectivity index (χ4v) is 1.83. The van der Waals surface area contributed by atoms with Crippen LogP contribution < -0.4 is 0 Å². The number of hydrogen-bond acceptors (Lipinski definition) is 4. The van der Waals surface area contributed by atoms with E-state index < -0.39 is 0 Å². The summed E-state index contributed by atoms with van der Waals surface area (Å²) in [6.07, 6.45) is 1.38. The third kappa shape index (κ3) is 2.66. The predicted octanol–water partition coefficient (Wildman–Crippen LogP) is 3.07. The quantitative estimate of drug-likeness (QED) is 0.614. The fourth-order valence-electron chi connectivity index (χ4n) is 1.83. The molecule has 5 nitrogen and oxygen atoms in total. The molecule has 1 aromatic carbocycles. The van der Waals surface area contributed by atoms with Crippen LogP contribution in [0.2, 0.25) is 0 Å². The maximum atomic E-state index is 8.97. The molecule has 94 valence electrons. The second-order valence-corrected chi connectivity index (χ2v) is 3.88. The van der Waals surface area contributed by atoms with Gasteiger partial charge in [-0.2, -0.15) is 0 Å². The van der Waals surface area contributed by atoms with Gasteiger partial charge in [0.15, 0.2) is 0 Å². The summed E-state index contributed by atoms with van der Waals surface area (Å²) in [5, 5.41) is 9.65. The molecular weight excluding hydrogens is 468 g/mol. The van der Waals surface area contributed by atoms with Gasteiger partial charge in [0.2, 0.25) is 0 Å². The molecule has 0 bridgehead atoms. The number of fused-ring (bicyclic) bond motifs is 1. The molecule has 19 heavy (non-hydrogen) atoms. The van der Waals surface area contributed by atoms with Gasteiger partial charge >= 0.3 is 0 Å². The summed E-state index contributed by atoms with van der Waals surface area (Å²) in [6.45, 7) is -0.125. The van der Waals surface area contributed by atoms with Crippen molar-refractivity contribution < 1.29 is 40.6 Å². The van der Waals surface area contributed by atoms with Crippen LogP contribution in [0.15, 0.2) is 41.1 Å². The number of hydrogen-bond donors (Lipinski definition) is 1. The normalized spacial score (nSPS) is 10.4. The van der Waals surface area contributed by atoms with Gasteiger partial charge < -0.3 is 20.2 Å². The Labute approximate surface area is 133 Å². The zero-order valence-corrected chi connectivity index (χ0v) is 14.1. The zero-order valence-electron chi connectivity index (χ0n) is 9.92. The molecule has 3 rings (SSSR count). The van der Waals surface area contributed by atoms with Crippen molar-refractivity contribution >= 4 is 16.7 Å². The van der Waals surface area contributed by atoms with Crippen molar-refractivity contribution in [2.75, 3.05) is 0 Å². The Morgan fingerprint density at radius 2 is 2.00 bits per heavy atom. The van der Waals surface area contributed by atoms with Gasteiger partial charge in [0, 0.05) is 43.0 Å². The van der Waals surface area contributed by atoms with Crippen LogP contribution in [0, 0.1) is 31.1 Å². The Balaban J connectivity index is 0.00000133. The first-order valence-electron chi connectivity index (χ1n) is 5.44. The first-order chi connectivity index (χ1) is 8.78. The summed E-state index contributed by atoms with van der Waals surface area (Å²) in [5.41, 5.74) is 9.31. The molecule has 0 spiro atoms. The Hall–Kier alpha value is -1.35. The van der Waals surface area contributed by atoms with Crippen molar-refractivity contribution in [3.05, 3.63) is 48.2 Å². The molecule has 0 saturated heterocycles. The van der Waals surface area contributed by atoms with Crippen LogP contribution in [0.4, 0.5) is 5.82 Å².